The number of rotatable bonds is 4. The van der Waals surface area contributed by atoms with Crippen LogP contribution in [0.15, 0.2) is 109 Å². The number of halogens is 3. The molecule has 90 heavy (non-hydrogen) atoms. The maximum atomic E-state index is 15.9. The van der Waals surface area contributed by atoms with E-state index in [9.17, 15) is 53.8 Å². The molecule has 0 aromatic heterocycles. The Hall–Kier alpha value is -10.0. The molecular weight excluding hydrogens is 1260 g/mol. The van der Waals surface area contributed by atoms with Gasteiger partial charge in [-0.15, -0.1) is 0 Å². The topological polar surface area (TPSA) is 396 Å². The van der Waals surface area contributed by atoms with E-state index in [0.29, 0.717) is 5.56 Å². The van der Waals surface area contributed by atoms with Crippen LogP contribution in [0, 0.1) is 0 Å². The molecule has 464 valence electrons. The Morgan fingerprint density at radius 1 is 0.578 bits per heavy atom. The van der Waals surface area contributed by atoms with Gasteiger partial charge in [-0.1, -0.05) is 53.0 Å². The summed E-state index contributed by atoms with van der Waals surface area (Å²) in [6.07, 6.45) is -2.46. The van der Waals surface area contributed by atoms with Crippen LogP contribution < -0.4 is 55.0 Å². The minimum atomic E-state index is -2.91. The van der Waals surface area contributed by atoms with Crippen molar-refractivity contribution in [3.63, 3.8) is 0 Å². The fraction of sp³-hybridized carbons (Fsp3) is 0.183. The first-order chi connectivity index (χ1) is 42.8. The molecule has 0 saturated carbocycles. The predicted octanol–water partition coefficient (Wildman–Crippen LogP) is 6.85. The monoisotopic (exact) mass is 1310 g/mol. The summed E-state index contributed by atoms with van der Waals surface area (Å²) >= 11 is 17.7. The van der Waals surface area contributed by atoms with E-state index in [1.165, 1.54) is 80.8 Å². The smallest absolute Gasteiger partial charge is 0.357 e. The van der Waals surface area contributed by atoms with Gasteiger partial charge < -0.3 is 85.7 Å². The number of aliphatic carboxylic acids is 1. The molecule has 6 aliphatic heterocycles. The summed E-state index contributed by atoms with van der Waals surface area (Å²) in [6.45, 7) is 1.49. The van der Waals surface area contributed by atoms with Crippen molar-refractivity contribution in [2.24, 2.45) is 0 Å². The fourth-order valence-corrected chi connectivity index (χ4v) is 11.7. The highest BCUT2D eigenvalue weighted by Crippen LogP contribution is 2.49. The SMILES string of the molecule is COc1c2cc3cc1Oc1ccc(cc1Cl)[C@@H](O)[C@H]1NC(=O)[C@H](NC(=O)[C@@H]3NC(=O)[C@H]3NC(=O)[C@@H](Cc4ccc(c(Cl)c4)O2)NC(=O)[C@H](C)c2ccc(OS(=O)O)c(c2)Oc2cc(O)cc3c2)c2cc(Cl)c(O)c(c2)-c2c(O)cc(O)cc2[C@@H](C(=O)O)NC1=O. The quantitative estimate of drug-likeness (QED) is 0.0801. The molecule has 7 aromatic carbocycles. The van der Waals surface area contributed by atoms with Gasteiger partial charge in [-0.25, -0.2) is 4.79 Å². The molecule has 0 spiro atoms. The number of aliphatic hydroxyl groups is 1. The summed E-state index contributed by atoms with van der Waals surface area (Å²) in [5.41, 5.74) is -2.15. The number of methoxy groups -OCH3 is 1. The van der Waals surface area contributed by atoms with E-state index in [-0.39, 0.29) is 90.3 Å². The van der Waals surface area contributed by atoms with Crippen molar-refractivity contribution in [2.45, 2.75) is 61.6 Å². The zero-order chi connectivity index (χ0) is 64.3. The number of nitrogens with one attached hydrogen (secondary N) is 6. The number of carbonyl (C=O) groups is 7. The van der Waals surface area contributed by atoms with Crippen LogP contribution in [0.1, 0.15) is 82.1 Å². The second kappa shape index (κ2) is 24.5. The van der Waals surface area contributed by atoms with E-state index in [0.717, 1.165) is 42.5 Å². The van der Waals surface area contributed by atoms with Crippen LogP contribution in [0.5, 0.6) is 69.0 Å². The fourth-order valence-electron chi connectivity index (χ4n) is 10.7. The molecule has 0 aliphatic carbocycles. The Morgan fingerprint density at radius 2 is 1.16 bits per heavy atom. The van der Waals surface area contributed by atoms with Crippen molar-refractivity contribution < 1.29 is 96.1 Å². The zero-order valence-corrected chi connectivity index (χ0v) is 49.3. The summed E-state index contributed by atoms with van der Waals surface area (Å²) in [6, 6.07) is 8.92. The van der Waals surface area contributed by atoms with Gasteiger partial charge in [-0.05, 0) is 119 Å². The lowest BCUT2D eigenvalue weighted by Crippen LogP contribution is -2.55. The summed E-state index contributed by atoms with van der Waals surface area (Å²) < 4.78 is 51.8. The Balaban J connectivity index is 1.16. The first kappa shape index (κ1) is 61.6. The molecule has 0 fully saturated rings. The molecule has 13 rings (SSSR count). The Bertz CT molecular complexity index is 4250. The molecular formula is C60H47Cl3N6O20S. The molecule has 7 aromatic rings. The van der Waals surface area contributed by atoms with E-state index >= 15 is 19.2 Å². The minimum absolute atomic E-state index is 0.0678. The lowest BCUT2D eigenvalue weighted by atomic mass is 9.89. The summed E-state index contributed by atoms with van der Waals surface area (Å²) in [5.74, 6) is -15.0. The third kappa shape index (κ3) is 12.2. The van der Waals surface area contributed by atoms with Crippen molar-refractivity contribution in [3.8, 4) is 80.1 Å². The zero-order valence-electron chi connectivity index (χ0n) is 46.2. The summed E-state index contributed by atoms with van der Waals surface area (Å²) in [4.78, 5) is 104. The molecule has 0 saturated heterocycles. The number of aromatic hydroxyl groups is 4. The maximum absolute atomic E-state index is 15.9. The van der Waals surface area contributed by atoms with Gasteiger partial charge in [0.15, 0.2) is 29.0 Å². The number of phenolic OH excluding ortho intramolecular Hbond substituents is 4. The van der Waals surface area contributed by atoms with Gasteiger partial charge in [0.05, 0.1) is 28.1 Å². The first-order valence-corrected chi connectivity index (χ1v) is 28.9. The lowest BCUT2D eigenvalue weighted by molar-refractivity contribution is -0.143. The normalized spacial score (nSPS) is 21.8. The number of phenols is 4. The first-order valence-electron chi connectivity index (χ1n) is 26.7. The minimum Gasteiger partial charge on any atom is -0.508 e. The molecule has 9 atom stereocenters. The number of carboxylic acids is 1. The highest BCUT2D eigenvalue weighted by atomic mass is 35.5. The number of amides is 6. The number of fused-ring (bicyclic) bond motifs is 14. The summed E-state index contributed by atoms with van der Waals surface area (Å²) in [7, 11) is 1.23. The van der Waals surface area contributed by atoms with Gasteiger partial charge in [0.25, 0.3) is 0 Å². The summed E-state index contributed by atoms with van der Waals surface area (Å²) in [5, 5.41) is 82.3. The van der Waals surface area contributed by atoms with Gasteiger partial charge in [-0.2, -0.15) is 4.21 Å². The molecule has 1 unspecified atom stereocenters. The van der Waals surface area contributed by atoms with Crippen LogP contribution in [-0.4, -0.2) is 100 Å². The van der Waals surface area contributed by atoms with Gasteiger partial charge >= 0.3 is 17.3 Å². The van der Waals surface area contributed by atoms with Gasteiger partial charge in [0.1, 0.15) is 76.6 Å². The molecule has 26 nitrogen and oxygen atoms in total. The van der Waals surface area contributed by atoms with Crippen molar-refractivity contribution in [1.82, 2.24) is 31.9 Å². The van der Waals surface area contributed by atoms with Crippen LogP contribution in [0.4, 0.5) is 0 Å². The van der Waals surface area contributed by atoms with Crippen molar-refractivity contribution >= 4 is 87.6 Å². The molecule has 6 amide bonds. The number of carbonyl (C=O) groups excluding carboxylic acids is 6. The second-order valence-corrected chi connectivity index (χ2v) is 22.8. The number of hydrogen-bond donors (Lipinski definition) is 13. The third-order valence-corrected chi connectivity index (χ3v) is 16.3. The van der Waals surface area contributed by atoms with E-state index in [2.05, 4.69) is 31.9 Å². The van der Waals surface area contributed by atoms with Crippen molar-refractivity contribution in [1.29, 1.82) is 0 Å². The van der Waals surface area contributed by atoms with Gasteiger partial charge in [0, 0.05) is 35.2 Å². The van der Waals surface area contributed by atoms with Crippen LogP contribution in [0.25, 0.3) is 11.1 Å². The van der Waals surface area contributed by atoms with Crippen LogP contribution in [0.2, 0.25) is 15.1 Å². The molecule has 17 bridgehead atoms. The molecule has 6 heterocycles. The number of hydrogen-bond acceptors (Lipinski definition) is 18. The molecule has 6 aliphatic rings. The largest absolute Gasteiger partial charge is 0.508 e. The van der Waals surface area contributed by atoms with E-state index in [4.69, 9.17) is 57.9 Å². The molecule has 13 N–H and O–H groups in total. The highest BCUT2D eigenvalue weighted by Gasteiger charge is 2.42. The second-order valence-electron chi connectivity index (χ2n) is 20.9. The van der Waals surface area contributed by atoms with Gasteiger partial charge in [-0.3, -0.25) is 33.3 Å². The van der Waals surface area contributed by atoms with Crippen molar-refractivity contribution in [2.75, 3.05) is 7.11 Å². The Morgan fingerprint density at radius 3 is 1.79 bits per heavy atom. The standard InChI is InChI=1S/C60H47Cl3N6O20S/c1-22-24-4-8-41(89-90(83)84)42(16-24)86-31-12-26(11-29(70)19-31)46-56(77)67-48-28-17-43(87-39-6-3-23(9-34(39)61)10-37(55(76)65-46)64-54(22)75)53(85-2)44(18-28)88-40-7-5-25(14-35(40)62)51(73)50-59(80)68-49(60(81)82)32-20-30(71)21-38(72)45(32)33-13-27(15-36(63)52(33)74)47(58(79)69-50)66-57(48)78/h3-9,11-22,37,46-51,70-74H,10H2,1-2H3,(H,64,75)(H,65,76)(H,66,78)(H,67,77)(H,68,80)(H,69,79)(H,81,82)(H,83,84)/t22-,37-,46+,47-,48-,49+,50-,51-/m1/s1. The average Bonchev–Trinajstić information content (AvgIpc) is 1.06. The van der Waals surface area contributed by atoms with E-state index in [1.54, 1.807) is 0 Å². The van der Waals surface area contributed by atoms with Crippen LogP contribution in [0.3, 0.4) is 0 Å². The molecule has 0 radical (unpaired) electrons. The number of ether oxygens (including phenoxy) is 4. The number of aliphatic hydroxyl groups excluding tert-OH is 1. The highest BCUT2D eigenvalue weighted by molar-refractivity contribution is 7.74. The maximum Gasteiger partial charge on any atom is 0.357 e. The number of carboxylic acid groups (broad SMARTS) is 1. The lowest BCUT2D eigenvalue weighted by Gasteiger charge is -2.31. The van der Waals surface area contributed by atoms with Gasteiger partial charge in [0.2, 0.25) is 41.2 Å². The van der Waals surface area contributed by atoms with Crippen molar-refractivity contribution in [3.05, 3.63) is 163 Å². The Kier molecular flexibility index (Phi) is 16.8. The predicted molar refractivity (Wildman–Crippen MR) is 316 cm³/mol. The van der Waals surface area contributed by atoms with Crippen LogP contribution in [-0.2, 0) is 51.3 Å². The number of benzene rings is 7. The molecule has 30 heteroatoms. The van der Waals surface area contributed by atoms with E-state index < -0.39 is 146 Å². The van der Waals surface area contributed by atoms with Crippen LogP contribution >= 0.6 is 34.8 Å². The average molecular weight is 1310 g/mol. The van der Waals surface area contributed by atoms with E-state index in [1.807, 2.05) is 0 Å². The third-order valence-electron chi connectivity index (χ3n) is 15.1. The Labute approximate surface area is 525 Å².